The molecule has 12 heavy (non-hydrogen) atoms. The Labute approximate surface area is 76.1 Å². The first-order valence-corrected chi connectivity index (χ1v) is 5.21. The van der Waals surface area contributed by atoms with Gasteiger partial charge < -0.3 is 10.6 Å². The molecule has 0 bridgehead atoms. The summed E-state index contributed by atoms with van der Waals surface area (Å²) >= 11 is 0. The van der Waals surface area contributed by atoms with Crippen LogP contribution in [0.15, 0.2) is 0 Å². The van der Waals surface area contributed by atoms with Crippen molar-refractivity contribution < 1.29 is 0 Å². The number of nitrogens with one attached hydrogen (secondary N) is 2. The summed E-state index contributed by atoms with van der Waals surface area (Å²) < 4.78 is 0. The van der Waals surface area contributed by atoms with Gasteiger partial charge in [0.25, 0.3) is 0 Å². The highest BCUT2D eigenvalue weighted by Gasteiger charge is 2.23. The van der Waals surface area contributed by atoms with Gasteiger partial charge in [-0.15, -0.1) is 0 Å². The molecule has 0 aromatic heterocycles. The molecule has 1 aliphatic rings. The van der Waals surface area contributed by atoms with E-state index in [1.54, 1.807) is 0 Å². The maximum Gasteiger partial charge on any atom is 0.00848 e. The second-order valence-electron chi connectivity index (χ2n) is 4.09. The fourth-order valence-corrected chi connectivity index (χ4v) is 2.08. The normalized spacial score (nSPS) is 30.0. The minimum atomic E-state index is 0.635. The first-order valence-electron chi connectivity index (χ1n) is 5.21. The molecule has 0 amide bonds. The van der Waals surface area contributed by atoms with Crippen molar-refractivity contribution in [1.29, 1.82) is 0 Å². The maximum atomic E-state index is 3.59. The SMILES string of the molecule is CCNC1CCC(NC(C)C)C1. The van der Waals surface area contributed by atoms with Crippen LogP contribution in [0.3, 0.4) is 0 Å². The minimum Gasteiger partial charge on any atom is -0.314 e. The third kappa shape index (κ3) is 3.11. The molecule has 1 aliphatic carbocycles. The van der Waals surface area contributed by atoms with E-state index in [1.165, 1.54) is 19.3 Å². The highest BCUT2D eigenvalue weighted by molar-refractivity contribution is 4.85. The molecule has 2 unspecified atom stereocenters. The average molecular weight is 170 g/mol. The van der Waals surface area contributed by atoms with E-state index in [-0.39, 0.29) is 0 Å². The van der Waals surface area contributed by atoms with E-state index in [9.17, 15) is 0 Å². The van der Waals surface area contributed by atoms with E-state index >= 15 is 0 Å². The van der Waals surface area contributed by atoms with Crippen molar-refractivity contribution in [3.8, 4) is 0 Å². The first-order chi connectivity index (χ1) is 5.72. The largest absolute Gasteiger partial charge is 0.314 e. The number of hydrogen-bond acceptors (Lipinski definition) is 2. The summed E-state index contributed by atoms with van der Waals surface area (Å²) in [6, 6.07) is 2.16. The lowest BCUT2D eigenvalue weighted by Crippen LogP contribution is -2.35. The molecule has 72 valence electrons. The highest BCUT2D eigenvalue weighted by Crippen LogP contribution is 2.19. The maximum absolute atomic E-state index is 3.59. The van der Waals surface area contributed by atoms with E-state index in [2.05, 4.69) is 31.4 Å². The molecule has 0 radical (unpaired) electrons. The fourth-order valence-electron chi connectivity index (χ4n) is 2.08. The average Bonchev–Trinajstić information content (AvgIpc) is 2.36. The Morgan fingerprint density at radius 3 is 2.50 bits per heavy atom. The van der Waals surface area contributed by atoms with Gasteiger partial charge in [-0.05, 0) is 25.8 Å². The van der Waals surface area contributed by atoms with Gasteiger partial charge in [-0.1, -0.05) is 20.8 Å². The second kappa shape index (κ2) is 4.83. The zero-order valence-corrected chi connectivity index (χ0v) is 8.56. The lowest BCUT2D eigenvalue weighted by atomic mass is 10.2. The number of rotatable bonds is 4. The molecule has 2 nitrogen and oxygen atoms in total. The monoisotopic (exact) mass is 170 g/mol. The smallest absolute Gasteiger partial charge is 0.00848 e. The second-order valence-corrected chi connectivity index (χ2v) is 4.09. The fraction of sp³-hybridized carbons (Fsp3) is 1.00. The number of hydrogen-bond donors (Lipinski definition) is 2. The van der Waals surface area contributed by atoms with E-state index in [1.807, 2.05) is 0 Å². The third-order valence-corrected chi connectivity index (χ3v) is 2.49. The van der Waals surface area contributed by atoms with Gasteiger partial charge in [0.1, 0.15) is 0 Å². The molecule has 2 atom stereocenters. The molecular formula is C10H22N2. The molecule has 0 aromatic carbocycles. The summed E-state index contributed by atoms with van der Waals surface area (Å²) in [7, 11) is 0. The quantitative estimate of drug-likeness (QED) is 0.668. The molecular weight excluding hydrogens is 148 g/mol. The van der Waals surface area contributed by atoms with Crippen molar-refractivity contribution in [2.75, 3.05) is 6.54 Å². The van der Waals surface area contributed by atoms with Crippen LogP contribution in [0.5, 0.6) is 0 Å². The Kier molecular flexibility index (Phi) is 4.02. The van der Waals surface area contributed by atoms with Crippen LogP contribution in [0.4, 0.5) is 0 Å². The van der Waals surface area contributed by atoms with Crippen LogP contribution in [0.1, 0.15) is 40.0 Å². The minimum absolute atomic E-state index is 0.635. The third-order valence-electron chi connectivity index (χ3n) is 2.49. The Hall–Kier alpha value is -0.0800. The van der Waals surface area contributed by atoms with Crippen LogP contribution in [-0.4, -0.2) is 24.7 Å². The molecule has 0 aliphatic heterocycles. The highest BCUT2D eigenvalue weighted by atomic mass is 15.0. The van der Waals surface area contributed by atoms with Crippen LogP contribution in [-0.2, 0) is 0 Å². The molecule has 1 rings (SSSR count). The van der Waals surface area contributed by atoms with Crippen molar-refractivity contribution in [2.45, 2.75) is 58.2 Å². The molecule has 1 fully saturated rings. The summed E-state index contributed by atoms with van der Waals surface area (Å²) in [6.07, 6.45) is 4.00. The topological polar surface area (TPSA) is 24.1 Å². The van der Waals surface area contributed by atoms with Crippen molar-refractivity contribution in [2.24, 2.45) is 0 Å². The first kappa shape index (κ1) is 10.0. The van der Waals surface area contributed by atoms with E-state index in [4.69, 9.17) is 0 Å². The Bertz CT molecular complexity index is 123. The van der Waals surface area contributed by atoms with Gasteiger partial charge in [-0.2, -0.15) is 0 Å². The van der Waals surface area contributed by atoms with Crippen molar-refractivity contribution in [3.63, 3.8) is 0 Å². The summed E-state index contributed by atoms with van der Waals surface area (Å²) in [5.74, 6) is 0. The van der Waals surface area contributed by atoms with Crippen LogP contribution in [0.25, 0.3) is 0 Å². The van der Waals surface area contributed by atoms with Gasteiger partial charge in [-0.3, -0.25) is 0 Å². The van der Waals surface area contributed by atoms with E-state index < -0.39 is 0 Å². The molecule has 2 N–H and O–H groups in total. The summed E-state index contributed by atoms with van der Waals surface area (Å²) in [5, 5.41) is 7.10. The Morgan fingerprint density at radius 2 is 1.92 bits per heavy atom. The van der Waals surface area contributed by atoms with Crippen LogP contribution >= 0.6 is 0 Å². The summed E-state index contributed by atoms with van der Waals surface area (Å²) in [5.41, 5.74) is 0. The van der Waals surface area contributed by atoms with Gasteiger partial charge in [0, 0.05) is 18.1 Å². The Morgan fingerprint density at radius 1 is 1.25 bits per heavy atom. The molecule has 0 saturated heterocycles. The van der Waals surface area contributed by atoms with Crippen LogP contribution < -0.4 is 10.6 Å². The molecule has 2 heteroatoms. The standard InChI is InChI=1S/C10H22N2/c1-4-11-9-5-6-10(7-9)12-8(2)3/h8-12H,4-7H2,1-3H3. The zero-order chi connectivity index (χ0) is 8.97. The molecule has 0 spiro atoms. The van der Waals surface area contributed by atoms with E-state index in [0.29, 0.717) is 6.04 Å². The zero-order valence-electron chi connectivity index (χ0n) is 8.56. The predicted octanol–water partition coefficient (Wildman–Crippen LogP) is 1.51. The molecule has 0 heterocycles. The Balaban J connectivity index is 2.16. The van der Waals surface area contributed by atoms with Crippen molar-refractivity contribution in [1.82, 2.24) is 10.6 Å². The van der Waals surface area contributed by atoms with Gasteiger partial charge >= 0.3 is 0 Å². The predicted molar refractivity (Wildman–Crippen MR) is 53.4 cm³/mol. The summed E-state index contributed by atoms with van der Waals surface area (Å²) in [6.45, 7) is 7.74. The van der Waals surface area contributed by atoms with Crippen LogP contribution in [0.2, 0.25) is 0 Å². The summed E-state index contributed by atoms with van der Waals surface area (Å²) in [4.78, 5) is 0. The lowest BCUT2D eigenvalue weighted by molar-refractivity contribution is 0.453. The van der Waals surface area contributed by atoms with Gasteiger partial charge in [-0.25, -0.2) is 0 Å². The van der Waals surface area contributed by atoms with Crippen LogP contribution in [0, 0.1) is 0 Å². The van der Waals surface area contributed by atoms with Crippen molar-refractivity contribution in [3.05, 3.63) is 0 Å². The van der Waals surface area contributed by atoms with Gasteiger partial charge in [0.15, 0.2) is 0 Å². The lowest BCUT2D eigenvalue weighted by Gasteiger charge is -2.16. The molecule has 1 saturated carbocycles. The molecule has 0 aromatic rings. The van der Waals surface area contributed by atoms with E-state index in [0.717, 1.165) is 18.6 Å². The van der Waals surface area contributed by atoms with Gasteiger partial charge in [0.05, 0.1) is 0 Å². The van der Waals surface area contributed by atoms with Crippen molar-refractivity contribution >= 4 is 0 Å². The van der Waals surface area contributed by atoms with Gasteiger partial charge in [0.2, 0.25) is 0 Å².